The summed E-state index contributed by atoms with van der Waals surface area (Å²) >= 11 is 3.14. The first-order valence-corrected chi connectivity index (χ1v) is 8.79. The van der Waals surface area contributed by atoms with Crippen molar-refractivity contribution in [1.82, 2.24) is 4.90 Å². The summed E-state index contributed by atoms with van der Waals surface area (Å²) in [7, 11) is 0. The molecule has 2 unspecified atom stereocenters. The maximum Gasteiger partial charge on any atom is 0.410 e. The average molecular weight is 402 g/mol. The van der Waals surface area contributed by atoms with Crippen LogP contribution in [0.15, 0.2) is 16.6 Å². The Morgan fingerprint density at radius 1 is 1.29 bits per heavy atom. The first-order valence-electron chi connectivity index (χ1n) is 8.00. The Hall–Kier alpha value is -1.50. The molecule has 0 aliphatic carbocycles. The molecule has 1 aromatic carbocycles. The highest BCUT2D eigenvalue weighted by atomic mass is 79.9. The van der Waals surface area contributed by atoms with E-state index < -0.39 is 5.60 Å². The second kappa shape index (κ2) is 6.78. The normalized spacial score (nSPS) is 21.8. The molecule has 1 fully saturated rings. The van der Waals surface area contributed by atoms with Gasteiger partial charge in [0, 0.05) is 19.2 Å². The van der Waals surface area contributed by atoms with Crippen LogP contribution in [0.3, 0.4) is 0 Å². The number of piperazine rings is 1. The molecule has 2 N–H and O–H groups in total. The minimum Gasteiger partial charge on any atom is -0.444 e. The first kappa shape index (κ1) is 18.8. The van der Waals surface area contributed by atoms with Crippen molar-refractivity contribution in [2.24, 2.45) is 0 Å². The summed E-state index contributed by atoms with van der Waals surface area (Å²) in [5.41, 5.74) is 6.67. The van der Waals surface area contributed by atoms with Gasteiger partial charge in [0.15, 0.2) is 0 Å². The van der Waals surface area contributed by atoms with Crippen molar-refractivity contribution >= 4 is 33.4 Å². The molecule has 1 saturated heterocycles. The van der Waals surface area contributed by atoms with Gasteiger partial charge in [-0.25, -0.2) is 9.18 Å². The summed E-state index contributed by atoms with van der Waals surface area (Å²) in [6.45, 7) is 10.6. The summed E-state index contributed by atoms with van der Waals surface area (Å²) in [6, 6.07) is 2.85. The maximum atomic E-state index is 13.9. The predicted octanol–water partition coefficient (Wildman–Crippen LogP) is 4.00. The molecule has 0 radical (unpaired) electrons. The quantitative estimate of drug-likeness (QED) is 0.722. The number of hydrogen-bond acceptors (Lipinski definition) is 4. The molecule has 0 bridgehead atoms. The molecule has 1 aromatic rings. The van der Waals surface area contributed by atoms with Crippen LogP contribution in [0.1, 0.15) is 34.6 Å². The smallest absolute Gasteiger partial charge is 0.410 e. The topological polar surface area (TPSA) is 58.8 Å². The number of halogens is 2. The number of anilines is 2. The van der Waals surface area contributed by atoms with Crippen LogP contribution < -0.4 is 10.6 Å². The van der Waals surface area contributed by atoms with Crippen LogP contribution in [0.2, 0.25) is 0 Å². The zero-order chi connectivity index (χ0) is 18.2. The third-order valence-electron chi connectivity index (χ3n) is 3.93. The minimum atomic E-state index is -0.535. The average Bonchev–Trinajstić information content (AvgIpc) is 2.39. The molecule has 24 heavy (non-hydrogen) atoms. The molecule has 0 aromatic heterocycles. The SMILES string of the molecule is CC1CN(c2cc(F)c(Br)cc2N)CC(C)N1C(=O)OC(C)(C)C. The van der Waals surface area contributed by atoms with E-state index >= 15 is 0 Å². The van der Waals surface area contributed by atoms with Crippen LogP contribution >= 0.6 is 15.9 Å². The van der Waals surface area contributed by atoms with Crippen molar-refractivity contribution in [3.8, 4) is 0 Å². The van der Waals surface area contributed by atoms with Gasteiger partial charge in [-0.2, -0.15) is 0 Å². The van der Waals surface area contributed by atoms with Gasteiger partial charge in [0.2, 0.25) is 0 Å². The van der Waals surface area contributed by atoms with E-state index in [1.54, 1.807) is 11.0 Å². The second-order valence-electron chi connectivity index (χ2n) is 7.32. The Morgan fingerprint density at radius 3 is 2.33 bits per heavy atom. The molecule has 1 heterocycles. The monoisotopic (exact) mass is 401 g/mol. The lowest BCUT2D eigenvalue weighted by atomic mass is 10.1. The van der Waals surface area contributed by atoms with E-state index in [2.05, 4.69) is 15.9 Å². The molecule has 7 heteroatoms. The number of ether oxygens (including phenoxy) is 1. The molecule has 134 valence electrons. The van der Waals surface area contributed by atoms with E-state index in [0.29, 0.717) is 28.9 Å². The molecule has 2 rings (SSSR count). The van der Waals surface area contributed by atoms with Gasteiger partial charge in [-0.05, 0) is 56.6 Å². The van der Waals surface area contributed by atoms with Crippen LogP contribution in [-0.2, 0) is 4.74 Å². The van der Waals surface area contributed by atoms with E-state index in [1.165, 1.54) is 6.07 Å². The third kappa shape index (κ3) is 4.12. The summed E-state index contributed by atoms with van der Waals surface area (Å²) < 4.78 is 19.7. The number of carbonyl (C=O) groups excluding carboxylic acids is 1. The number of amides is 1. The summed E-state index contributed by atoms with van der Waals surface area (Å²) in [4.78, 5) is 16.2. The molecule has 1 aliphatic rings. The molecule has 1 amide bonds. The van der Waals surface area contributed by atoms with Crippen LogP contribution in [0.4, 0.5) is 20.6 Å². The van der Waals surface area contributed by atoms with Gasteiger partial charge in [0.05, 0.1) is 27.9 Å². The zero-order valence-corrected chi connectivity index (χ0v) is 16.4. The highest BCUT2D eigenvalue weighted by Crippen LogP contribution is 2.32. The van der Waals surface area contributed by atoms with Crippen LogP contribution in [-0.4, -0.2) is 41.8 Å². The highest BCUT2D eigenvalue weighted by molar-refractivity contribution is 9.10. The fourth-order valence-electron chi connectivity index (χ4n) is 3.02. The Morgan fingerprint density at radius 2 is 1.83 bits per heavy atom. The molecule has 5 nitrogen and oxygen atoms in total. The predicted molar refractivity (Wildman–Crippen MR) is 97.7 cm³/mol. The van der Waals surface area contributed by atoms with Gasteiger partial charge in [-0.3, -0.25) is 4.90 Å². The second-order valence-corrected chi connectivity index (χ2v) is 8.17. The highest BCUT2D eigenvalue weighted by Gasteiger charge is 2.36. The summed E-state index contributed by atoms with van der Waals surface area (Å²) in [5.74, 6) is -0.353. The number of benzene rings is 1. The third-order valence-corrected chi connectivity index (χ3v) is 4.54. The van der Waals surface area contributed by atoms with Gasteiger partial charge in [-0.15, -0.1) is 0 Å². The molecule has 2 atom stereocenters. The van der Waals surface area contributed by atoms with Crippen LogP contribution in [0.25, 0.3) is 0 Å². The Labute approximate surface area is 151 Å². The van der Waals surface area contributed by atoms with Crippen molar-refractivity contribution in [3.63, 3.8) is 0 Å². The number of carbonyl (C=O) groups is 1. The number of nitrogen functional groups attached to an aromatic ring is 1. The van der Waals surface area contributed by atoms with Crippen LogP contribution in [0.5, 0.6) is 0 Å². The Bertz CT molecular complexity index is 621. The summed E-state index contributed by atoms with van der Waals surface area (Å²) in [6.07, 6.45) is -0.322. The van der Waals surface area contributed by atoms with E-state index in [-0.39, 0.29) is 24.0 Å². The van der Waals surface area contributed by atoms with Crippen molar-refractivity contribution in [2.45, 2.75) is 52.3 Å². The van der Waals surface area contributed by atoms with Crippen molar-refractivity contribution < 1.29 is 13.9 Å². The van der Waals surface area contributed by atoms with Crippen molar-refractivity contribution in [1.29, 1.82) is 0 Å². The van der Waals surface area contributed by atoms with E-state index in [4.69, 9.17) is 10.5 Å². The molecular weight excluding hydrogens is 377 g/mol. The summed E-state index contributed by atoms with van der Waals surface area (Å²) in [5, 5.41) is 0. The van der Waals surface area contributed by atoms with E-state index in [9.17, 15) is 9.18 Å². The Kier molecular flexibility index (Phi) is 5.32. The van der Waals surface area contributed by atoms with E-state index in [1.807, 2.05) is 39.5 Å². The van der Waals surface area contributed by atoms with Crippen molar-refractivity contribution in [2.75, 3.05) is 23.7 Å². The lowest BCUT2D eigenvalue weighted by Crippen LogP contribution is -2.59. The lowest BCUT2D eigenvalue weighted by Gasteiger charge is -2.45. The van der Waals surface area contributed by atoms with Crippen LogP contribution in [0, 0.1) is 5.82 Å². The van der Waals surface area contributed by atoms with E-state index in [0.717, 1.165) is 0 Å². The molecule has 0 saturated carbocycles. The Balaban J connectivity index is 2.19. The zero-order valence-electron chi connectivity index (χ0n) is 14.8. The molecule has 1 aliphatic heterocycles. The number of nitrogens with zero attached hydrogens (tertiary/aromatic N) is 2. The number of nitrogens with two attached hydrogens (primary N) is 1. The van der Waals surface area contributed by atoms with Gasteiger partial charge >= 0.3 is 6.09 Å². The fraction of sp³-hybridized carbons (Fsp3) is 0.588. The van der Waals surface area contributed by atoms with Gasteiger partial charge in [0.1, 0.15) is 11.4 Å². The number of hydrogen-bond donors (Lipinski definition) is 1. The van der Waals surface area contributed by atoms with Crippen molar-refractivity contribution in [3.05, 3.63) is 22.4 Å². The van der Waals surface area contributed by atoms with Gasteiger partial charge in [-0.1, -0.05) is 0 Å². The van der Waals surface area contributed by atoms with Gasteiger partial charge < -0.3 is 15.4 Å². The largest absolute Gasteiger partial charge is 0.444 e. The fourth-order valence-corrected chi connectivity index (χ4v) is 3.38. The standard InChI is InChI=1S/C17H25BrFN3O2/c1-10-8-21(15-7-13(19)12(18)6-14(15)20)9-11(2)22(10)16(23)24-17(3,4)5/h6-7,10-11H,8-9,20H2,1-5H3. The van der Waals surface area contributed by atoms with Gasteiger partial charge in [0.25, 0.3) is 0 Å². The molecule has 0 spiro atoms. The minimum absolute atomic E-state index is 0.0743. The first-order chi connectivity index (χ1) is 11.0. The number of rotatable bonds is 1. The maximum absolute atomic E-state index is 13.9. The molecular formula is C17H25BrFN3O2. The lowest BCUT2D eigenvalue weighted by molar-refractivity contribution is 0.00567.